The van der Waals surface area contributed by atoms with Gasteiger partial charge in [0.05, 0.1) is 10.0 Å². The highest BCUT2D eigenvalue weighted by Crippen LogP contribution is 2.28. The van der Waals surface area contributed by atoms with Crippen LogP contribution in [0.25, 0.3) is 0 Å². The minimum atomic E-state index is -0.0721. The second-order valence-corrected chi connectivity index (χ2v) is 7.90. The van der Waals surface area contributed by atoms with E-state index in [0.29, 0.717) is 23.8 Å². The Morgan fingerprint density at radius 3 is 2.79 bits per heavy atom. The number of benzene rings is 1. The van der Waals surface area contributed by atoms with Gasteiger partial charge >= 0.3 is 0 Å². The number of anilines is 1. The van der Waals surface area contributed by atoms with E-state index in [1.165, 1.54) is 5.69 Å². The van der Waals surface area contributed by atoms with E-state index in [2.05, 4.69) is 60.3 Å². The molecular formula is C18H20Br2N2O2. The van der Waals surface area contributed by atoms with Crippen LogP contribution in [0.3, 0.4) is 0 Å². The summed E-state index contributed by atoms with van der Waals surface area (Å²) in [4.78, 5) is 14.8. The van der Waals surface area contributed by atoms with E-state index < -0.39 is 0 Å². The Kier molecular flexibility index (Phi) is 5.35. The van der Waals surface area contributed by atoms with Gasteiger partial charge in [-0.15, -0.1) is 0 Å². The van der Waals surface area contributed by atoms with Crippen molar-refractivity contribution in [3.8, 4) is 0 Å². The molecule has 0 saturated carbocycles. The summed E-state index contributed by atoms with van der Waals surface area (Å²) in [7, 11) is 0. The van der Waals surface area contributed by atoms with Crippen molar-refractivity contribution in [2.75, 3.05) is 24.5 Å². The van der Waals surface area contributed by atoms with Crippen LogP contribution in [0.2, 0.25) is 0 Å². The van der Waals surface area contributed by atoms with Gasteiger partial charge in [0.15, 0.2) is 0 Å². The van der Waals surface area contributed by atoms with E-state index >= 15 is 0 Å². The quantitative estimate of drug-likeness (QED) is 0.727. The van der Waals surface area contributed by atoms with Gasteiger partial charge in [-0.05, 0) is 60.3 Å². The third-order valence-corrected chi connectivity index (χ3v) is 5.87. The monoisotopic (exact) mass is 454 g/mol. The van der Waals surface area contributed by atoms with Crippen molar-refractivity contribution in [1.82, 2.24) is 5.32 Å². The lowest BCUT2D eigenvalue weighted by molar-refractivity contribution is 0.0946. The number of amides is 1. The summed E-state index contributed by atoms with van der Waals surface area (Å²) in [6, 6.07) is 8.34. The van der Waals surface area contributed by atoms with Gasteiger partial charge in [0.2, 0.25) is 0 Å². The highest BCUT2D eigenvalue weighted by atomic mass is 79.9. The minimum Gasteiger partial charge on any atom is -0.465 e. The van der Waals surface area contributed by atoms with E-state index in [1.807, 2.05) is 19.9 Å². The van der Waals surface area contributed by atoms with E-state index in [4.69, 9.17) is 4.42 Å². The summed E-state index contributed by atoms with van der Waals surface area (Å²) in [5, 5.41) is 3.05. The highest BCUT2D eigenvalue weighted by molar-refractivity contribution is 9.10. The second-order valence-electron chi connectivity index (χ2n) is 6.19. The highest BCUT2D eigenvalue weighted by Gasteiger charge is 2.25. The van der Waals surface area contributed by atoms with E-state index in [-0.39, 0.29) is 5.91 Å². The van der Waals surface area contributed by atoms with Gasteiger partial charge in [-0.2, -0.15) is 0 Å². The number of furan rings is 1. The van der Waals surface area contributed by atoms with Gasteiger partial charge in [-0.25, -0.2) is 0 Å². The smallest absolute Gasteiger partial charge is 0.256 e. The maximum Gasteiger partial charge on any atom is 0.256 e. The molecule has 1 N–H and O–H groups in total. The molecule has 6 heteroatoms. The average molecular weight is 456 g/mol. The Balaban J connectivity index is 1.57. The first-order valence-corrected chi connectivity index (χ1v) is 9.58. The Labute approximate surface area is 158 Å². The third-order valence-electron chi connectivity index (χ3n) is 4.42. The summed E-state index contributed by atoms with van der Waals surface area (Å²) in [5.41, 5.74) is 1.83. The molecule has 1 aromatic heterocycles. The molecule has 0 bridgehead atoms. The Morgan fingerprint density at radius 1 is 1.33 bits per heavy atom. The number of nitrogens with zero attached hydrogens (tertiary/aromatic N) is 1. The zero-order valence-corrected chi connectivity index (χ0v) is 16.9. The molecule has 1 aromatic carbocycles. The predicted octanol–water partition coefficient (Wildman–Crippen LogP) is 4.68. The second kappa shape index (κ2) is 7.31. The molecule has 0 spiro atoms. The number of halogens is 2. The lowest BCUT2D eigenvalue weighted by Gasteiger charge is -2.19. The molecule has 128 valence electrons. The van der Waals surface area contributed by atoms with Crippen molar-refractivity contribution >= 4 is 43.5 Å². The Morgan fingerprint density at radius 2 is 2.12 bits per heavy atom. The molecule has 1 unspecified atom stereocenters. The maximum absolute atomic E-state index is 12.4. The molecule has 1 aliphatic heterocycles. The number of rotatable bonds is 4. The minimum absolute atomic E-state index is 0.0721. The van der Waals surface area contributed by atoms with E-state index in [0.717, 1.165) is 34.2 Å². The lowest BCUT2D eigenvalue weighted by atomic mass is 10.1. The topological polar surface area (TPSA) is 45.5 Å². The standard InChI is InChI=1S/C18H20Br2N2O2/c1-11-16(17(20)12(2)24-11)18(23)21-9-13-6-7-22(10-13)15-5-3-4-14(19)8-15/h3-5,8,13H,6-7,9-10H2,1-2H3,(H,21,23). The average Bonchev–Trinajstić information content (AvgIpc) is 3.10. The normalized spacial score (nSPS) is 17.3. The molecule has 1 amide bonds. The van der Waals surface area contributed by atoms with Gasteiger partial charge in [-0.1, -0.05) is 22.0 Å². The van der Waals surface area contributed by atoms with E-state index in [1.54, 1.807) is 0 Å². The number of hydrogen-bond acceptors (Lipinski definition) is 3. The fourth-order valence-corrected chi connectivity index (χ4v) is 4.07. The predicted molar refractivity (Wildman–Crippen MR) is 103 cm³/mol. The van der Waals surface area contributed by atoms with Crippen LogP contribution in [0, 0.1) is 19.8 Å². The zero-order valence-electron chi connectivity index (χ0n) is 13.7. The van der Waals surface area contributed by atoms with Gasteiger partial charge < -0.3 is 14.6 Å². The first kappa shape index (κ1) is 17.5. The van der Waals surface area contributed by atoms with Crippen molar-refractivity contribution in [1.29, 1.82) is 0 Å². The summed E-state index contributed by atoms with van der Waals surface area (Å²) < 4.78 is 7.34. The molecule has 1 aliphatic rings. The Hall–Kier alpha value is -1.27. The molecule has 0 radical (unpaired) electrons. The molecule has 4 nitrogen and oxygen atoms in total. The number of carbonyl (C=O) groups is 1. The molecule has 2 heterocycles. The molecule has 1 atom stereocenters. The molecule has 1 fully saturated rings. The number of aryl methyl sites for hydroxylation is 2. The van der Waals surface area contributed by atoms with Crippen molar-refractivity contribution in [3.05, 3.63) is 50.3 Å². The lowest BCUT2D eigenvalue weighted by Crippen LogP contribution is -2.31. The van der Waals surface area contributed by atoms with Crippen molar-refractivity contribution < 1.29 is 9.21 Å². The summed E-state index contributed by atoms with van der Waals surface area (Å²) in [6.45, 7) is 6.32. The molecular weight excluding hydrogens is 436 g/mol. The van der Waals surface area contributed by atoms with Crippen LogP contribution in [-0.4, -0.2) is 25.5 Å². The van der Waals surface area contributed by atoms with Gasteiger partial charge in [0.25, 0.3) is 5.91 Å². The van der Waals surface area contributed by atoms with Gasteiger partial charge in [-0.3, -0.25) is 4.79 Å². The van der Waals surface area contributed by atoms with Gasteiger partial charge in [0, 0.05) is 29.8 Å². The molecule has 1 saturated heterocycles. The SMILES string of the molecule is Cc1oc(C)c(C(=O)NCC2CCN(c3cccc(Br)c3)C2)c1Br. The summed E-state index contributed by atoms with van der Waals surface area (Å²) >= 11 is 6.95. The zero-order chi connectivity index (χ0) is 17.3. The molecule has 0 aliphatic carbocycles. The maximum atomic E-state index is 12.4. The molecule has 2 aromatic rings. The molecule has 24 heavy (non-hydrogen) atoms. The van der Waals surface area contributed by atoms with Crippen LogP contribution >= 0.6 is 31.9 Å². The number of nitrogens with one attached hydrogen (secondary N) is 1. The first-order chi connectivity index (χ1) is 11.5. The fourth-order valence-electron chi connectivity index (χ4n) is 3.15. The first-order valence-electron chi connectivity index (χ1n) is 8.00. The van der Waals surface area contributed by atoms with Crippen molar-refractivity contribution in [2.45, 2.75) is 20.3 Å². The fraction of sp³-hybridized carbons (Fsp3) is 0.389. The van der Waals surface area contributed by atoms with Crippen molar-refractivity contribution in [3.63, 3.8) is 0 Å². The van der Waals surface area contributed by atoms with Gasteiger partial charge in [0.1, 0.15) is 11.5 Å². The van der Waals surface area contributed by atoms with Crippen LogP contribution in [0.4, 0.5) is 5.69 Å². The van der Waals surface area contributed by atoms with Crippen LogP contribution in [0.15, 0.2) is 37.6 Å². The van der Waals surface area contributed by atoms with Crippen LogP contribution in [0.1, 0.15) is 28.3 Å². The largest absolute Gasteiger partial charge is 0.465 e. The number of carbonyl (C=O) groups excluding carboxylic acids is 1. The molecule has 3 rings (SSSR count). The Bertz CT molecular complexity index is 757. The third kappa shape index (κ3) is 3.70. The van der Waals surface area contributed by atoms with Crippen molar-refractivity contribution in [2.24, 2.45) is 5.92 Å². The van der Waals surface area contributed by atoms with Crippen LogP contribution < -0.4 is 10.2 Å². The summed E-state index contributed by atoms with van der Waals surface area (Å²) in [5.74, 6) is 1.77. The summed E-state index contributed by atoms with van der Waals surface area (Å²) in [6.07, 6.45) is 1.08. The number of hydrogen-bond donors (Lipinski definition) is 1. The van der Waals surface area contributed by atoms with Crippen LogP contribution in [0.5, 0.6) is 0 Å². The van der Waals surface area contributed by atoms with Crippen LogP contribution in [-0.2, 0) is 0 Å². The van der Waals surface area contributed by atoms with E-state index in [9.17, 15) is 4.79 Å².